The van der Waals surface area contributed by atoms with Crippen molar-refractivity contribution < 1.29 is 18.3 Å². The number of carbonyl (C=O) groups is 1. The first-order valence-electron chi connectivity index (χ1n) is 4.67. The fourth-order valence-electron chi connectivity index (χ4n) is 1.52. The van der Waals surface area contributed by atoms with Gasteiger partial charge in [0.25, 0.3) is 0 Å². The van der Waals surface area contributed by atoms with Gasteiger partial charge in [0.15, 0.2) is 0 Å². The highest BCUT2D eigenvalue weighted by molar-refractivity contribution is 7.89. The second-order valence-corrected chi connectivity index (χ2v) is 5.01. The molecule has 0 saturated carbocycles. The first-order chi connectivity index (χ1) is 7.27. The largest absolute Gasteiger partial charge is 0.478 e. The predicted octanol–water partition coefficient (Wildman–Crippen LogP) is 0.903. The fourth-order valence-corrected chi connectivity index (χ4v) is 2.37. The lowest BCUT2D eigenvalue weighted by Crippen LogP contribution is -2.16. The number of nitrogens with two attached hydrogens (primary N) is 1. The summed E-state index contributed by atoms with van der Waals surface area (Å²) in [6, 6.07) is 2.66. The Morgan fingerprint density at radius 2 is 2.00 bits per heavy atom. The van der Waals surface area contributed by atoms with Crippen molar-refractivity contribution >= 4 is 16.0 Å². The Hall–Kier alpha value is -1.40. The molecule has 0 bridgehead atoms. The van der Waals surface area contributed by atoms with Crippen molar-refractivity contribution in [3.63, 3.8) is 0 Å². The lowest BCUT2D eigenvalue weighted by atomic mass is 10.0. The van der Waals surface area contributed by atoms with E-state index in [1.165, 1.54) is 0 Å². The Bertz CT molecular complexity index is 534. The highest BCUT2D eigenvalue weighted by atomic mass is 32.2. The minimum atomic E-state index is -3.88. The van der Waals surface area contributed by atoms with Crippen LogP contribution in [0, 0.1) is 6.92 Å². The van der Waals surface area contributed by atoms with Crippen molar-refractivity contribution in [2.24, 2.45) is 5.14 Å². The lowest BCUT2D eigenvalue weighted by Gasteiger charge is -2.09. The van der Waals surface area contributed by atoms with Crippen LogP contribution in [0.5, 0.6) is 0 Å². The number of primary sulfonamides is 1. The van der Waals surface area contributed by atoms with Crippen molar-refractivity contribution in [2.45, 2.75) is 25.2 Å². The Balaban J connectivity index is 3.60. The van der Waals surface area contributed by atoms with Crippen LogP contribution in [0.4, 0.5) is 0 Å². The van der Waals surface area contributed by atoms with Crippen molar-refractivity contribution in [2.75, 3.05) is 0 Å². The number of benzene rings is 1. The summed E-state index contributed by atoms with van der Waals surface area (Å²) in [4.78, 5) is 10.8. The molecule has 0 heterocycles. The van der Waals surface area contributed by atoms with Crippen LogP contribution in [0.25, 0.3) is 0 Å². The van der Waals surface area contributed by atoms with Gasteiger partial charge >= 0.3 is 5.97 Å². The molecule has 1 rings (SSSR count). The third-order valence-corrected chi connectivity index (χ3v) is 3.32. The summed E-state index contributed by atoms with van der Waals surface area (Å²) in [5.41, 5.74) is 1.02. The average molecular weight is 243 g/mol. The first kappa shape index (κ1) is 12.7. The van der Waals surface area contributed by atoms with Crippen LogP contribution in [0.3, 0.4) is 0 Å². The van der Waals surface area contributed by atoms with E-state index < -0.39 is 16.0 Å². The summed E-state index contributed by atoms with van der Waals surface area (Å²) in [5, 5.41) is 13.9. The summed E-state index contributed by atoms with van der Waals surface area (Å²) in [5.74, 6) is -1.16. The van der Waals surface area contributed by atoms with Gasteiger partial charge in [-0.25, -0.2) is 18.4 Å². The molecule has 0 aliphatic carbocycles. The summed E-state index contributed by atoms with van der Waals surface area (Å²) in [6.45, 7) is 3.40. The smallest absolute Gasteiger partial charge is 0.335 e. The Kier molecular flexibility index (Phi) is 3.35. The maximum Gasteiger partial charge on any atom is 0.335 e. The molecule has 0 atom stereocenters. The van der Waals surface area contributed by atoms with Crippen LogP contribution in [0.15, 0.2) is 17.0 Å². The average Bonchev–Trinajstić information content (AvgIpc) is 2.14. The van der Waals surface area contributed by atoms with Crippen LogP contribution in [-0.4, -0.2) is 19.5 Å². The number of hydrogen-bond acceptors (Lipinski definition) is 3. The van der Waals surface area contributed by atoms with Crippen molar-refractivity contribution in [1.82, 2.24) is 0 Å². The molecule has 0 fully saturated rings. The molecule has 1 aromatic carbocycles. The molecule has 0 saturated heterocycles. The molecule has 0 unspecified atom stereocenters. The van der Waals surface area contributed by atoms with Gasteiger partial charge < -0.3 is 5.11 Å². The van der Waals surface area contributed by atoms with Crippen LogP contribution >= 0.6 is 0 Å². The molecule has 6 heteroatoms. The van der Waals surface area contributed by atoms with E-state index in [0.29, 0.717) is 17.5 Å². The zero-order valence-electron chi connectivity index (χ0n) is 9.02. The molecule has 0 spiro atoms. The normalized spacial score (nSPS) is 11.4. The number of aromatic carboxylic acids is 1. The maximum atomic E-state index is 11.3. The molecule has 3 N–H and O–H groups in total. The number of carboxylic acid groups (broad SMARTS) is 1. The topological polar surface area (TPSA) is 97.5 Å². The van der Waals surface area contributed by atoms with Crippen molar-refractivity contribution in [3.8, 4) is 0 Å². The Labute approximate surface area is 93.9 Å². The van der Waals surface area contributed by atoms with Gasteiger partial charge in [-0.2, -0.15) is 0 Å². The molecule has 0 radical (unpaired) electrons. The van der Waals surface area contributed by atoms with E-state index in [2.05, 4.69) is 0 Å². The molecule has 16 heavy (non-hydrogen) atoms. The molecule has 0 aromatic heterocycles. The van der Waals surface area contributed by atoms with Crippen LogP contribution in [0.1, 0.15) is 28.4 Å². The summed E-state index contributed by atoms with van der Waals surface area (Å²) >= 11 is 0. The van der Waals surface area contributed by atoms with Gasteiger partial charge in [-0.05, 0) is 30.5 Å². The highest BCUT2D eigenvalue weighted by Gasteiger charge is 2.18. The molecule has 0 aliphatic heterocycles. The van der Waals surface area contributed by atoms with E-state index in [1.807, 2.05) is 0 Å². The maximum absolute atomic E-state index is 11.3. The van der Waals surface area contributed by atoms with Gasteiger partial charge in [-0.3, -0.25) is 0 Å². The number of hydrogen-bond donors (Lipinski definition) is 2. The van der Waals surface area contributed by atoms with E-state index >= 15 is 0 Å². The minimum absolute atomic E-state index is 0.0405. The molecular formula is C10H13NO4S. The summed E-state index contributed by atoms with van der Waals surface area (Å²) in [6.07, 6.45) is 0.479. The van der Waals surface area contributed by atoms with Gasteiger partial charge in [0.2, 0.25) is 10.0 Å². The van der Waals surface area contributed by atoms with E-state index in [0.717, 1.165) is 6.07 Å². The second-order valence-electron chi connectivity index (χ2n) is 3.48. The van der Waals surface area contributed by atoms with Crippen LogP contribution in [0.2, 0.25) is 0 Å². The van der Waals surface area contributed by atoms with E-state index in [9.17, 15) is 13.2 Å². The van der Waals surface area contributed by atoms with Crippen LogP contribution in [-0.2, 0) is 16.4 Å². The summed E-state index contributed by atoms with van der Waals surface area (Å²) in [7, 11) is -3.88. The number of sulfonamides is 1. The molecule has 5 nitrogen and oxygen atoms in total. The van der Waals surface area contributed by atoms with E-state index in [4.69, 9.17) is 10.2 Å². The number of carboxylic acids is 1. The zero-order valence-corrected chi connectivity index (χ0v) is 9.84. The van der Waals surface area contributed by atoms with E-state index in [1.54, 1.807) is 19.9 Å². The zero-order chi connectivity index (χ0) is 12.5. The van der Waals surface area contributed by atoms with Crippen LogP contribution < -0.4 is 5.14 Å². The van der Waals surface area contributed by atoms with Gasteiger partial charge in [0, 0.05) is 0 Å². The molecule has 0 aliphatic rings. The monoisotopic (exact) mass is 243 g/mol. The third kappa shape index (κ3) is 2.40. The van der Waals surface area contributed by atoms with Crippen molar-refractivity contribution in [1.29, 1.82) is 0 Å². The standard InChI is InChI=1S/C10H13NO4S/c1-3-7-4-6(2)8(10(12)13)5-9(7)16(11,14)15/h4-5H,3H2,1-2H3,(H,12,13)(H2,11,14,15). The second kappa shape index (κ2) is 4.23. The number of rotatable bonds is 3. The summed E-state index contributed by atoms with van der Waals surface area (Å²) < 4.78 is 22.6. The molecule has 88 valence electrons. The SMILES string of the molecule is CCc1cc(C)c(C(=O)O)cc1S(N)(=O)=O. The Morgan fingerprint density at radius 3 is 2.38 bits per heavy atom. The Morgan fingerprint density at radius 1 is 1.44 bits per heavy atom. The van der Waals surface area contributed by atoms with Gasteiger partial charge in [-0.1, -0.05) is 13.0 Å². The van der Waals surface area contributed by atoms with Crippen molar-refractivity contribution in [3.05, 3.63) is 28.8 Å². The third-order valence-electron chi connectivity index (χ3n) is 2.33. The predicted molar refractivity (Wildman–Crippen MR) is 58.9 cm³/mol. The highest BCUT2D eigenvalue weighted by Crippen LogP contribution is 2.20. The molecule has 1 aromatic rings. The fraction of sp³-hybridized carbons (Fsp3) is 0.300. The van der Waals surface area contributed by atoms with Gasteiger partial charge in [0.1, 0.15) is 0 Å². The lowest BCUT2D eigenvalue weighted by molar-refractivity contribution is 0.0696. The molecule has 0 amide bonds. The minimum Gasteiger partial charge on any atom is -0.478 e. The number of aryl methyl sites for hydroxylation is 2. The molecular weight excluding hydrogens is 230 g/mol. The van der Waals surface area contributed by atoms with Gasteiger partial charge in [0.05, 0.1) is 10.5 Å². The first-order valence-corrected chi connectivity index (χ1v) is 6.21. The van der Waals surface area contributed by atoms with E-state index in [-0.39, 0.29) is 10.5 Å². The quantitative estimate of drug-likeness (QED) is 0.824. The van der Waals surface area contributed by atoms with Gasteiger partial charge in [-0.15, -0.1) is 0 Å².